The topological polar surface area (TPSA) is 40.6 Å². The van der Waals surface area contributed by atoms with Crippen LogP contribution >= 0.6 is 0 Å². The third kappa shape index (κ3) is 3.77. The smallest absolute Gasteiger partial charge is 0.145 e. The van der Waals surface area contributed by atoms with E-state index in [0.29, 0.717) is 0 Å². The second-order valence-electron chi connectivity index (χ2n) is 11.9. The number of para-hydroxylation sites is 5. The first-order valence-corrected chi connectivity index (χ1v) is 15.9. The molecule has 5 nitrogen and oxygen atoms in total. The van der Waals surface area contributed by atoms with Gasteiger partial charge >= 0.3 is 0 Å². The Morgan fingerprint density at radius 1 is 0.383 bits per heavy atom. The molecule has 0 amide bonds. The molecule has 10 aromatic rings. The predicted octanol–water partition coefficient (Wildman–Crippen LogP) is 10.3. The zero-order valence-electron chi connectivity index (χ0n) is 25.3. The van der Waals surface area contributed by atoms with Gasteiger partial charge in [0.25, 0.3) is 0 Å². The summed E-state index contributed by atoms with van der Waals surface area (Å²) in [5.74, 6) is 0.913. The molecule has 0 saturated carbocycles. The second kappa shape index (κ2) is 10.0. The van der Waals surface area contributed by atoms with Gasteiger partial charge in [-0.05, 0) is 78.9 Å². The zero-order valence-corrected chi connectivity index (χ0v) is 25.3. The van der Waals surface area contributed by atoms with Crippen LogP contribution in [0.15, 0.2) is 164 Å². The van der Waals surface area contributed by atoms with Crippen LogP contribution in [0, 0.1) is 0 Å². The Kier molecular flexibility index (Phi) is 5.51. The van der Waals surface area contributed by atoms with Gasteiger partial charge in [0.15, 0.2) is 0 Å². The van der Waals surface area contributed by atoms with Crippen LogP contribution < -0.4 is 0 Å². The largest absolute Gasteiger partial charge is 0.307 e. The van der Waals surface area contributed by atoms with E-state index in [0.717, 1.165) is 56.0 Å². The van der Waals surface area contributed by atoms with Crippen LogP contribution in [-0.2, 0) is 0 Å². The molecule has 6 aromatic carbocycles. The van der Waals surface area contributed by atoms with Crippen molar-refractivity contribution in [3.05, 3.63) is 164 Å². The molecule has 4 heterocycles. The lowest BCUT2D eigenvalue weighted by molar-refractivity contribution is 1.10. The molecule has 47 heavy (non-hydrogen) atoms. The van der Waals surface area contributed by atoms with Crippen molar-refractivity contribution < 1.29 is 0 Å². The number of imidazole rings is 1. The van der Waals surface area contributed by atoms with E-state index in [9.17, 15) is 0 Å². The van der Waals surface area contributed by atoms with E-state index in [-0.39, 0.29) is 0 Å². The molecule has 0 saturated heterocycles. The number of hydrogen-bond donors (Lipinski definition) is 0. The number of rotatable bonds is 4. The summed E-state index contributed by atoms with van der Waals surface area (Å²) in [6.07, 6.45) is 1.89. The predicted molar refractivity (Wildman–Crippen MR) is 193 cm³/mol. The van der Waals surface area contributed by atoms with E-state index in [1.54, 1.807) is 0 Å². The van der Waals surface area contributed by atoms with E-state index in [4.69, 9.17) is 9.97 Å². The van der Waals surface area contributed by atoms with Gasteiger partial charge in [-0.1, -0.05) is 78.9 Å². The van der Waals surface area contributed by atoms with Gasteiger partial charge in [0.05, 0.1) is 27.6 Å². The molecule has 0 spiro atoms. The molecule has 0 bridgehead atoms. The van der Waals surface area contributed by atoms with E-state index in [1.165, 1.54) is 27.2 Å². The molecule has 10 rings (SSSR count). The molecule has 0 aliphatic rings. The van der Waals surface area contributed by atoms with E-state index >= 15 is 0 Å². The molecule has 4 aromatic heterocycles. The Morgan fingerprint density at radius 3 is 1.72 bits per heavy atom. The first-order valence-electron chi connectivity index (χ1n) is 15.9. The van der Waals surface area contributed by atoms with E-state index < -0.39 is 0 Å². The summed E-state index contributed by atoms with van der Waals surface area (Å²) in [5, 5.41) is 4.75. The lowest BCUT2D eigenvalue weighted by atomic mass is 10.1. The van der Waals surface area contributed by atoms with Crippen molar-refractivity contribution in [2.24, 2.45) is 0 Å². The fraction of sp³-hybridized carbons (Fsp3) is 0. The van der Waals surface area contributed by atoms with Gasteiger partial charge in [0.1, 0.15) is 11.5 Å². The molecule has 0 aliphatic carbocycles. The normalized spacial score (nSPS) is 11.8. The number of pyridine rings is 1. The molecular formula is C42H27N5. The van der Waals surface area contributed by atoms with Gasteiger partial charge in [-0.25, -0.2) is 9.97 Å². The number of fused-ring (bicyclic) bond motifs is 8. The SMILES string of the molecule is c1ccc(-n2c(-c3ccc(-n4c5ncccc5c5ccc6c7ccccc7n(-c7ccccc7)c6c54)cc3)nc3ccccc32)cc1. The first kappa shape index (κ1) is 25.8. The molecular weight excluding hydrogens is 574 g/mol. The lowest BCUT2D eigenvalue weighted by Crippen LogP contribution is -2.00. The first-order chi connectivity index (χ1) is 23.3. The van der Waals surface area contributed by atoms with Crippen molar-refractivity contribution in [3.8, 4) is 28.5 Å². The fourth-order valence-electron chi connectivity index (χ4n) is 7.29. The Labute approximate surface area is 270 Å². The number of aromatic nitrogens is 5. The maximum absolute atomic E-state index is 5.10. The van der Waals surface area contributed by atoms with Gasteiger partial charge in [-0.2, -0.15) is 0 Å². The number of nitrogens with zero attached hydrogens (tertiary/aromatic N) is 5. The summed E-state index contributed by atoms with van der Waals surface area (Å²) in [4.78, 5) is 10.1. The molecule has 0 N–H and O–H groups in total. The highest BCUT2D eigenvalue weighted by Crippen LogP contribution is 2.41. The van der Waals surface area contributed by atoms with Crippen LogP contribution in [0.2, 0.25) is 0 Å². The number of hydrogen-bond acceptors (Lipinski definition) is 2. The second-order valence-corrected chi connectivity index (χ2v) is 11.9. The quantitative estimate of drug-likeness (QED) is 0.201. The van der Waals surface area contributed by atoms with Crippen molar-refractivity contribution in [1.29, 1.82) is 0 Å². The Balaban J connectivity index is 1.26. The van der Waals surface area contributed by atoms with E-state index in [2.05, 4.69) is 153 Å². The van der Waals surface area contributed by atoms with Crippen LogP contribution in [0.3, 0.4) is 0 Å². The third-order valence-electron chi connectivity index (χ3n) is 9.30. The maximum Gasteiger partial charge on any atom is 0.145 e. The van der Waals surface area contributed by atoms with Gasteiger partial charge in [0.2, 0.25) is 0 Å². The van der Waals surface area contributed by atoms with Gasteiger partial charge in [-0.15, -0.1) is 0 Å². The van der Waals surface area contributed by atoms with Crippen LogP contribution in [-0.4, -0.2) is 23.7 Å². The van der Waals surface area contributed by atoms with Crippen LogP contribution in [0.1, 0.15) is 0 Å². The van der Waals surface area contributed by atoms with E-state index in [1.807, 2.05) is 24.4 Å². The standard InChI is InChI=1S/C42H27N5/c1-3-12-29(13-4-1)45-37-19-9-7-16-32(37)33-25-26-34-35-17-11-27-43-42(35)47(40(34)39(33)45)31-23-21-28(22-24-31)41-44-36-18-8-10-20-38(36)46(41)30-14-5-2-6-15-30/h1-27H. The Hall–Kier alpha value is -6.46. The van der Waals surface area contributed by atoms with Crippen molar-refractivity contribution in [2.75, 3.05) is 0 Å². The minimum atomic E-state index is 0.913. The summed E-state index contributed by atoms with van der Waals surface area (Å²) < 4.78 is 6.97. The summed E-state index contributed by atoms with van der Waals surface area (Å²) in [6, 6.07) is 55.6. The van der Waals surface area contributed by atoms with Crippen molar-refractivity contribution >= 4 is 54.8 Å². The van der Waals surface area contributed by atoms with Gasteiger partial charge in [0, 0.05) is 50.4 Å². The summed E-state index contributed by atoms with van der Waals surface area (Å²) >= 11 is 0. The van der Waals surface area contributed by atoms with Gasteiger partial charge < -0.3 is 4.57 Å². The fourth-order valence-corrected chi connectivity index (χ4v) is 7.29. The monoisotopic (exact) mass is 601 g/mol. The van der Waals surface area contributed by atoms with Crippen molar-refractivity contribution in [3.63, 3.8) is 0 Å². The highest BCUT2D eigenvalue weighted by atomic mass is 15.1. The Morgan fingerprint density at radius 2 is 0.957 bits per heavy atom. The maximum atomic E-state index is 5.10. The average molecular weight is 602 g/mol. The van der Waals surface area contributed by atoms with Crippen molar-refractivity contribution in [1.82, 2.24) is 23.7 Å². The molecule has 0 fully saturated rings. The number of benzene rings is 6. The highest BCUT2D eigenvalue weighted by molar-refractivity contribution is 6.23. The van der Waals surface area contributed by atoms with Crippen molar-refractivity contribution in [2.45, 2.75) is 0 Å². The summed E-state index contributed by atoms with van der Waals surface area (Å²) in [7, 11) is 0. The van der Waals surface area contributed by atoms with Crippen LogP contribution in [0.5, 0.6) is 0 Å². The molecule has 220 valence electrons. The molecule has 5 heteroatoms. The summed E-state index contributed by atoms with van der Waals surface area (Å²) in [5.41, 5.74) is 10.8. The molecule has 0 aliphatic heterocycles. The average Bonchev–Trinajstić information content (AvgIpc) is 3.81. The third-order valence-corrected chi connectivity index (χ3v) is 9.30. The van der Waals surface area contributed by atoms with Gasteiger partial charge in [-0.3, -0.25) is 9.13 Å². The summed E-state index contributed by atoms with van der Waals surface area (Å²) in [6.45, 7) is 0. The highest BCUT2D eigenvalue weighted by Gasteiger charge is 2.22. The lowest BCUT2D eigenvalue weighted by Gasteiger charge is -2.13. The zero-order chi connectivity index (χ0) is 30.9. The van der Waals surface area contributed by atoms with Crippen LogP contribution in [0.4, 0.5) is 0 Å². The molecule has 0 atom stereocenters. The minimum Gasteiger partial charge on any atom is -0.307 e. The molecule has 0 radical (unpaired) electrons. The Bertz CT molecular complexity index is 2770. The van der Waals surface area contributed by atoms with Crippen LogP contribution in [0.25, 0.3) is 83.2 Å². The minimum absolute atomic E-state index is 0.913. The molecule has 0 unspecified atom stereocenters.